The summed E-state index contributed by atoms with van der Waals surface area (Å²) in [5.74, 6) is 1.86. The lowest BCUT2D eigenvalue weighted by atomic mass is 9.80. The number of carbonyl (C=O) groups excluding carboxylic acids is 1. The fraction of sp³-hybridized carbons (Fsp3) is 0.810. The number of amides is 2. The molecule has 0 aromatic carbocycles. The summed E-state index contributed by atoms with van der Waals surface area (Å²) in [4.78, 5) is 14.6. The van der Waals surface area contributed by atoms with E-state index in [4.69, 9.17) is 4.74 Å². The Morgan fingerprint density at radius 1 is 1.33 bits per heavy atom. The third kappa shape index (κ3) is 5.03. The van der Waals surface area contributed by atoms with Gasteiger partial charge in [0.2, 0.25) is 0 Å². The van der Waals surface area contributed by atoms with Crippen LogP contribution in [0.4, 0.5) is 4.79 Å². The van der Waals surface area contributed by atoms with Gasteiger partial charge >= 0.3 is 6.03 Å². The standard InChI is InChI=1S/C21H36N4O2/c1-4-22-21(26)25-13-5-6-18(19-11-12-23-24-19)20(25)14-27-17-9-7-16(8-10-17)15(2)3/h11-12,15-18,20H,4-10,13-14H2,1-3H3,(H,22,26)(H,23,24)/t16-,17+,18?,20-/m1/s1. The van der Waals surface area contributed by atoms with Gasteiger partial charge in [-0.05, 0) is 63.4 Å². The van der Waals surface area contributed by atoms with Crippen LogP contribution in [0.1, 0.15) is 70.9 Å². The number of H-pyrrole nitrogens is 1. The Balaban J connectivity index is 1.64. The van der Waals surface area contributed by atoms with Crippen LogP contribution in [-0.2, 0) is 4.74 Å². The summed E-state index contributed by atoms with van der Waals surface area (Å²) in [6.45, 7) is 8.67. The zero-order valence-electron chi connectivity index (χ0n) is 17.1. The van der Waals surface area contributed by atoms with Crippen molar-refractivity contribution in [2.75, 3.05) is 19.7 Å². The SMILES string of the molecule is CCNC(=O)N1CCCC(c2ccn[nH]2)[C@H]1CO[C@H]1CC[C@@H](C(C)C)CC1. The van der Waals surface area contributed by atoms with E-state index in [1.807, 2.05) is 17.9 Å². The molecule has 1 aromatic heterocycles. The summed E-state index contributed by atoms with van der Waals surface area (Å²) < 4.78 is 6.38. The summed E-state index contributed by atoms with van der Waals surface area (Å²) in [6, 6.07) is 2.12. The third-order valence-electron chi connectivity index (χ3n) is 6.45. The number of hydrogen-bond acceptors (Lipinski definition) is 3. The normalized spacial score (nSPS) is 29.1. The monoisotopic (exact) mass is 376 g/mol. The number of piperidine rings is 1. The first-order valence-corrected chi connectivity index (χ1v) is 10.8. The second kappa shape index (κ2) is 9.58. The molecule has 3 rings (SSSR count). The van der Waals surface area contributed by atoms with Crippen LogP contribution in [-0.4, -0.2) is 53.0 Å². The molecule has 6 nitrogen and oxygen atoms in total. The molecule has 2 N–H and O–H groups in total. The molecule has 1 aliphatic heterocycles. The summed E-state index contributed by atoms with van der Waals surface area (Å²) >= 11 is 0. The highest BCUT2D eigenvalue weighted by molar-refractivity contribution is 5.74. The lowest BCUT2D eigenvalue weighted by Crippen LogP contribution is -2.53. The average molecular weight is 377 g/mol. The number of ether oxygens (including phenoxy) is 1. The van der Waals surface area contributed by atoms with Crippen LogP contribution < -0.4 is 5.32 Å². The lowest BCUT2D eigenvalue weighted by Gasteiger charge is -2.41. The summed E-state index contributed by atoms with van der Waals surface area (Å²) in [6.07, 6.45) is 9.01. The van der Waals surface area contributed by atoms with Crippen molar-refractivity contribution in [3.63, 3.8) is 0 Å². The fourth-order valence-electron chi connectivity index (χ4n) is 4.76. The predicted octanol–water partition coefficient (Wildman–Crippen LogP) is 3.92. The number of nitrogens with one attached hydrogen (secondary N) is 2. The second-order valence-electron chi connectivity index (χ2n) is 8.47. The van der Waals surface area contributed by atoms with Gasteiger partial charge in [-0.15, -0.1) is 0 Å². The maximum Gasteiger partial charge on any atom is 0.317 e. The third-order valence-corrected chi connectivity index (χ3v) is 6.45. The zero-order valence-corrected chi connectivity index (χ0v) is 17.1. The zero-order chi connectivity index (χ0) is 19.2. The largest absolute Gasteiger partial charge is 0.376 e. The van der Waals surface area contributed by atoms with Crippen molar-refractivity contribution in [2.24, 2.45) is 11.8 Å². The number of urea groups is 1. The highest BCUT2D eigenvalue weighted by atomic mass is 16.5. The first-order valence-electron chi connectivity index (χ1n) is 10.8. The molecular weight excluding hydrogens is 340 g/mol. The van der Waals surface area contributed by atoms with Gasteiger partial charge < -0.3 is 15.0 Å². The Morgan fingerprint density at radius 3 is 2.74 bits per heavy atom. The van der Waals surface area contributed by atoms with Crippen LogP contribution in [0.5, 0.6) is 0 Å². The summed E-state index contributed by atoms with van der Waals surface area (Å²) in [7, 11) is 0. The van der Waals surface area contributed by atoms with Gasteiger partial charge in [0, 0.05) is 30.9 Å². The van der Waals surface area contributed by atoms with Crippen LogP contribution in [0.25, 0.3) is 0 Å². The van der Waals surface area contributed by atoms with Gasteiger partial charge in [0.15, 0.2) is 0 Å². The molecule has 0 bridgehead atoms. The molecule has 1 aromatic rings. The number of rotatable bonds is 6. The highest BCUT2D eigenvalue weighted by Crippen LogP contribution is 2.34. The van der Waals surface area contributed by atoms with Crippen molar-refractivity contribution in [3.05, 3.63) is 18.0 Å². The Bertz CT molecular complexity index is 567. The van der Waals surface area contributed by atoms with Gasteiger partial charge in [0.25, 0.3) is 0 Å². The lowest BCUT2D eigenvalue weighted by molar-refractivity contribution is -0.0238. The molecule has 1 aliphatic carbocycles. The van der Waals surface area contributed by atoms with E-state index in [9.17, 15) is 4.79 Å². The van der Waals surface area contributed by atoms with E-state index < -0.39 is 0 Å². The maximum absolute atomic E-state index is 12.6. The van der Waals surface area contributed by atoms with Crippen LogP contribution >= 0.6 is 0 Å². The fourth-order valence-corrected chi connectivity index (χ4v) is 4.76. The molecule has 2 atom stereocenters. The van der Waals surface area contributed by atoms with Crippen molar-refractivity contribution >= 4 is 6.03 Å². The van der Waals surface area contributed by atoms with Crippen molar-refractivity contribution in [1.82, 2.24) is 20.4 Å². The topological polar surface area (TPSA) is 70.2 Å². The van der Waals surface area contributed by atoms with Gasteiger partial charge in [0.05, 0.1) is 18.8 Å². The molecule has 2 fully saturated rings. The number of likely N-dealkylation sites (tertiary alicyclic amines) is 1. The minimum absolute atomic E-state index is 0.0267. The predicted molar refractivity (Wildman–Crippen MR) is 107 cm³/mol. The van der Waals surface area contributed by atoms with Crippen molar-refractivity contribution in [1.29, 1.82) is 0 Å². The van der Waals surface area contributed by atoms with Crippen LogP contribution in [0.15, 0.2) is 12.3 Å². The molecular formula is C21H36N4O2. The van der Waals surface area contributed by atoms with Crippen LogP contribution in [0.2, 0.25) is 0 Å². The molecule has 1 unspecified atom stereocenters. The Labute approximate surface area is 163 Å². The van der Waals surface area contributed by atoms with E-state index in [1.54, 1.807) is 6.20 Å². The Morgan fingerprint density at radius 2 is 2.11 bits per heavy atom. The Kier molecular flexibility index (Phi) is 7.16. The number of aromatic nitrogens is 2. The molecule has 2 heterocycles. The number of nitrogens with zero attached hydrogens (tertiary/aromatic N) is 2. The first kappa shape index (κ1) is 20.2. The minimum atomic E-state index is 0.0267. The van der Waals surface area contributed by atoms with Gasteiger partial charge in [-0.1, -0.05) is 13.8 Å². The molecule has 2 aliphatic rings. The van der Waals surface area contributed by atoms with Crippen LogP contribution in [0.3, 0.4) is 0 Å². The van der Waals surface area contributed by atoms with Crippen molar-refractivity contribution < 1.29 is 9.53 Å². The Hall–Kier alpha value is -1.56. The summed E-state index contributed by atoms with van der Waals surface area (Å²) in [5.41, 5.74) is 1.11. The first-order chi connectivity index (χ1) is 13.1. The number of aromatic amines is 1. The van der Waals surface area contributed by atoms with E-state index in [0.717, 1.165) is 49.8 Å². The number of hydrogen-bond donors (Lipinski definition) is 2. The van der Waals surface area contributed by atoms with E-state index >= 15 is 0 Å². The molecule has 0 radical (unpaired) electrons. The maximum atomic E-state index is 12.6. The quantitative estimate of drug-likeness (QED) is 0.790. The van der Waals surface area contributed by atoms with E-state index in [0.29, 0.717) is 19.3 Å². The molecule has 1 saturated carbocycles. The van der Waals surface area contributed by atoms with Crippen LogP contribution in [0, 0.1) is 11.8 Å². The van der Waals surface area contributed by atoms with E-state index in [-0.39, 0.29) is 18.0 Å². The average Bonchev–Trinajstić information content (AvgIpc) is 3.21. The molecule has 27 heavy (non-hydrogen) atoms. The van der Waals surface area contributed by atoms with E-state index in [1.165, 1.54) is 12.8 Å². The second-order valence-corrected chi connectivity index (χ2v) is 8.47. The minimum Gasteiger partial charge on any atom is -0.376 e. The van der Waals surface area contributed by atoms with E-state index in [2.05, 4.69) is 29.4 Å². The smallest absolute Gasteiger partial charge is 0.317 e. The van der Waals surface area contributed by atoms with Crippen molar-refractivity contribution in [2.45, 2.75) is 77.4 Å². The highest BCUT2D eigenvalue weighted by Gasteiger charge is 2.37. The van der Waals surface area contributed by atoms with Crippen molar-refractivity contribution in [3.8, 4) is 0 Å². The number of carbonyl (C=O) groups is 1. The summed E-state index contributed by atoms with van der Waals surface area (Å²) in [5, 5.41) is 10.2. The van der Waals surface area contributed by atoms with Gasteiger partial charge in [-0.25, -0.2) is 4.79 Å². The van der Waals surface area contributed by atoms with Gasteiger partial charge in [0.1, 0.15) is 0 Å². The van der Waals surface area contributed by atoms with Gasteiger partial charge in [-0.2, -0.15) is 5.10 Å². The molecule has 6 heteroatoms. The molecule has 1 saturated heterocycles. The molecule has 152 valence electrons. The van der Waals surface area contributed by atoms with Gasteiger partial charge in [-0.3, -0.25) is 5.10 Å². The molecule has 0 spiro atoms. The molecule has 2 amide bonds.